The first-order valence-corrected chi connectivity index (χ1v) is 11.3. The normalized spacial score (nSPS) is 15.1. The van der Waals surface area contributed by atoms with E-state index in [0.717, 1.165) is 6.07 Å². The molecule has 2 aromatic heterocycles. The van der Waals surface area contributed by atoms with Gasteiger partial charge in [0, 0.05) is 36.3 Å². The lowest BCUT2D eigenvalue weighted by Gasteiger charge is -2.15. The molecule has 0 spiro atoms. The van der Waals surface area contributed by atoms with Gasteiger partial charge in [-0.2, -0.15) is 5.26 Å². The molecule has 1 aliphatic carbocycles. The number of pyridine rings is 2. The van der Waals surface area contributed by atoms with Gasteiger partial charge in [-0.25, -0.2) is 23.9 Å². The number of carbonyl (C=O) groups is 3. The molecule has 1 fully saturated rings. The number of nitrogens with zero attached hydrogens (tertiary/aromatic N) is 3. The molecule has 2 N–H and O–H groups in total. The van der Waals surface area contributed by atoms with E-state index in [0.29, 0.717) is 12.0 Å². The summed E-state index contributed by atoms with van der Waals surface area (Å²) in [4.78, 5) is 45.5. The fourth-order valence-corrected chi connectivity index (χ4v) is 3.73. The number of ketones is 1. The van der Waals surface area contributed by atoms with Gasteiger partial charge in [-0.05, 0) is 42.8 Å². The maximum Gasteiger partial charge on any atom is 0.345 e. The number of urea groups is 1. The summed E-state index contributed by atoms with van der Waals surface area (Å²) < 4.78 is 20.6. The van der Waals surface area contributed by atoms with E-state index in [1.165, 1.54) is 42.7 Å². The van der Waals surface area contributed by atoms with Gasteiger partial charge in [-0.15, -0.1) is 0 Å². The molecule has 1 saturated carbocycles. The van der Waals surface area contributed by atoms with Crippen molar-refractivity contribution < 1.29 is 23.5 Å². The summed E-state index contributed by atoms with van der Waals surface area (Å²) >= 11 is 5.77. The van der Waals surface area contributed by atoms with Crippen LogP contribution < -0.4 is 15.4 Å². The molecule has 0 saturated heterocycles. The number of benzene rings is 1. The first-order chi connectivity index (χ1) is 17.3. The second-order valence-electron chi connectivity index (χ2n) is 7.96. The zero-order valence-electron chi connectivity index (χ0n) is 18.9. The lowest BCUT2D eigenvalue weighted by molar-refractivity contribution is 0.0729. The number of rotatable bonds is 7. The minimum atomic E-state index is -0.828. The molecule has 0 aliphatic heterocycles. The quantitative estimate of drug-likeness (QED) is 0.165. The van der Waals surface area contributed by atoms with E-state index >= 15 is 4.39 Å². The van der Waals surface area contributed by atoms with Crippen molar-refractivity contribution in [1.29, 1.82) is 5.26 Å². The number of hydrogen-bond acceptors (Lipinski definition) is 7. The fraction of sp³-hybridized carbons (Fsp3) is 0.259. The molecule has 9 nitrogen and oxygen atoms in total. The average molecular weight is 540 g/mol. The molecular formula is C27H27ClFN5O4. The first kappa shape index (κ1) is 29.9. The van der Waals surface area contributed by atoms with E-state index in [1.54, 1.807) is 6.92 Å². The van der Waals surface area contributed by atoms with Crippen LogP contribution in [0.4, 0.5) is 15.0 Å². The summed E-state index contributed by atoms with van der Waals surface area (Å²) in [6.45, 7) is 1.64. The molecule has 2 amide bonds. The third kappa shape index (κ3) is 6.69. The Kier molecular flexibility index (Phi) is 10.0. The Morgan fingerprint density at radius 3 is 2.50 bits per heavy atom. The number of nitrogens with one attached hydrogen (secondary N) is 2. The second-order valence-corrected chi connectivity index (χ2v) is 8.35. The number of aromatic nitrogens is 2. The molecule has 198 valence electrons. The summed E-state index contributed by atoms with van der Waals surface area (Å²) in [6.07, 6.45) is 3.01. The van der Waals surface area contributed by atoms with E-state index in [1.807, 2.05) is 6.07 Å². The predicted octanol–water partition coefficient (Wildman–Crippen LogP) is 5.90. The van der Waals surface area contributed by atoms with Crippen molar-refractivity contribution in [2.75, 3.05) is 5.32 Å². The molecule has 2 atom stereocenters. The summed E-state index contributed by atoms with van der Waals surface area (Å²) in [5.74, 6) is -2.29. The average Bonchev–Trinajstić information content (AvgIpc) is 3.62. The van der Waals surface area contributed by atoms with Gasteiger partial charge in [-0.3, -0.25) is 10.1 Å². The largest absolute Gasteiger partial charge is 0.422 e. The summed E-state index contributed by atoms with van der Waals surface area (Å²) in [5.41, 5.74) is 0.522. The van der Waals surface area contributed by atoms with Crippen molar-refractivity contribution in [1.82, 2.24) is 15.3 Å². The van der Waals surface area contributed by atoms with E-state index < -0.39 is 29.8 Å². The van der Waals surface area contributed by atoms with Crippen molar-refractivity contribution in [2.45, 2.75) is 46.6 Å². The number of nitriles is 1. The number of carbonyl (C=O) groups excluding carboxylic acids is 3. The van der Waals surface area contributed by atoms with Crippen LogP contribution in [0, 0.1) is 17.1 Å². The standard InChI is InChI=1S/C25H19ClFN5O4.2CH4/c1-2-19(33)15-5-6-17(27)22(23(15)36-24(34)14-4-7-20(26)29-12-14)16-9-18(16)31-25(35)32-21-8-3-13(10-28)11-30-21;;/h3-8,11-12,16,18H,2,9H2,1H3,(H2,30,31,32,35);2*1H4/t16-,18?;;/m1../s1. The van der Waals surface area contributed by atoms with E-state index in [-0.39, 0.29) is 60.5 Å². The van der Waals surface area contributed by atoms with Gasteiger partial charge < -0.3 is 10.1 Å². The Hall–Kier alpha value is -4.36. The Bertz CT molecular complexity index is 1370. The van der Waals surface area contributed by atoms with Crippen molar-refractivity contribution in [2.24, 2.45) is 0 Å². The minimum Gasteiger partial charge on any atom is -0.422 e. The third-order valence-corrected chi connectivity index (χ3v) is 5.76. The van der Waals surface area contributed by atoms with Crippen LogP contribution >= 0.6 is 11.6 Å². The van der Waals surface area contributed by atoms with Crippen LogP contribution in [0.15, 0.2) is 48.8 Å². The van der Waals surface area contributed by atoms with E-state index in [9.17, 15) is 14.4 Å². The van der Waals surface area contributed by atoms with Crippen LogP contribution in [-0.4, -0.2) is 33.8 Å². The van der Waals surface area contributed by atoms with Crippen molar-refractivity contribution in [3.8, 4) is 11.8 Å². The molecule has 2 heterocycles. The molecule has 1 unspecified atom stereocenters. The van der Waals surface area contributed by atoms with Crippen molar-refractivity contribution >= 4 is 35.2 Å². The van der Waals surface area contributed by atoms with Crippen LogP contribution in [0.2, 0.25) is 5.15 Å². The number of esters is 1. The van der Waals surface area contributed by atoms with Gasteiger partial charge in [0.25, 0.3) is 0 Å². The molecule has 0 bridgehead atoms. The van der Waals surface area contributed by atoms with Gasteiger partial charge in [0.1, 0.15) is 28.6 Å². The lowest BCUT2D eigenvalue weighted by atomic mass is 10.00. The van der Waals surface area contributed by atoms with Gasteiger partial charge in [-0.1, -0.05) is 33.4 Å². The third-order valence-electron chi connectivity index (χ3n) is 5.53. The zero-order valence-corrected chi connectivity index (χ0v) is 19.7. The maximum absolute atomic E-state index is 15.0. The Labute approximate surface area is 225 Å². The van der Waals surface area contributed by atoms with Crippen LogP contribution in [0.25, 0.3) is 0 Å². The molecule has 0 radical (unpaired) electrons. The Balaban J connectivity index is 0.00000253. The van der Waals surface area contributed by atoms with Crippen LogP contribution in [0.3, 0.4) is 0 Å². The monoisotopic (exact) mass is 539 g/mol. The number of hydrogen-bond donors (Lipinski definition) is 2. The molecular weight excluding hydrogens is 513 g/mol. The number of halogens is 2. The van der Waals surface area contributed by atoms with Crippen molar-refractivity contribution in [3.63, 3.8) is 0 Å². The van der Waals surface area contributed by atoms with Gasteiger partial charge in [0.05, 0.1) is 16.7 Å². The molecule has 4 rings (SSSR count). The first-order valence-electron chi connectivity index (χ1n) is 10.9. The summed E-state index contributed by atoms with van der Waals surface area (Å²) in [7, 11) is 0. The summed E-state index contributed by atoms with van der Waals surface area (Å²) in [6, 6.07) is 9.10. The Morgan fingerprint density at radius 2 is 1.89 bits per heavy atom. The Morgan fingerprint density at radius 1 is 1.13 bits per heavy atom. The number of anilines is 1. The zero-order chi connectivity index (χ0) is 25.8. The van der Waals surface area contributed by atoms with Gasteiger partial charge in [0.15, 0.2) is 5.78 Å². The SMILES string of the molecule is C.C.CCC(=O)c1ccc(F)c([C@@H]2CC2NC(=O)Nc2ccc(C#N)cn2)c1OC(=O)c1ccc(Cl)nc1. The molecule has 1 aromatic carbocycles. The lowest BCUT2D eigenvalue weighted by Crippen LogP contribution is -2.31. The second kappa shape index (κ2) is 12.7. The van der Waals surface area contributed by atoms with E-state index in [2.05, 4.69) is 20.6 Å². The minimum absolute atomic E-state index is 0. The van der Waals surface area contributed by atoms with Gasteiger partial charge >= 0.3 is 12.0 Å². The highest BCUT2D eigenvalue weighted by atomic mass is 35.5. The molecule has 11 heteroatoms. The van der Waals surface area contributed by atoms with E-state index in [4.69, 9.17) is 21.6 Å². The highest BCUT2D eigenvalue weighted by Crippen LogP contribution is 2.47. The van der Waals surface area contributed by atoms with Crippen molar-refractivity contribution in [3.05, 3.63) is 82.0 Å². The number of amides is 2. The molecule has 38 heavy (non-hydrogen) atoms. The fourth-order valence-electron chi connectivity index (χ4n) is 3.62. The highest BCUT2D eigenvalue weighted by molar-refractivity contribution is 6.29. The highest BCUT2D eigenvalue weighted by Gasteiger charge is 2.44. The number of ether oxygens (including phenoxy) is 1. The van der Waals surface area contributed by atoms with Crippen LogP contribution in [0.5, 0.6) is 5.75 Å². The maximum atomic E-state index is 15.0. The molecule has 3 aromatic rings. The van der Waals surface area contributed by atoms with Crippen LogP contribution in [0.1, 0.15) is 72.4 Å². The molecule has 1 aliphatic rings. The predicted molar refractivity (Wildman–Crippen MR) is 141 cm³/mol. The smallest absolute Gasteiger partial charge is 0.345 e. The van der Waals surface area contributed by atoms with Gasteiger partial charge in [0.2, 0.25) is 0 Å². The summed E-state index contributed by atoms with van der Waals surface area (Å²) in [5, 5.41) is 14.3. The van der Waals surface area contributed by atoms with Crippen LogP contribution in [-0.2, 0) is 0 Å². The topological polar surface area (TPSA) is 134 Å². The number of Topliss-reactive ketones (excluding diaryl/α,β-unsaturated/α-hetero) is 1.